The molecule has 0 saturated heterocycles. The smallest absolute Gasteiger partial charge is 0.261 e. The Labute approximate surface area is 264 Å². The lowest BCUT2D eigenvalue weighted by atomic mass is 9.96. The highest BCUT2D eigenvalue weighted by Crippen LogP contribution is 2.28. The number of ether oxygens (including phenoxy) is 3. The number of nitrogens with zero attached hydrogens (tertiary/aromatic N) is 1. The highest BCUT2D eigenvalue weighted by Gasteiger charge is 2.39. The molecule has 4 amide bonds. The van der Waals surface area contributed by atoms with Crippen LogP contribution in [0.4, 0.5) is 0 Å². The number of benzene rings is 2. The second-order valence-corrected chi connectivity index (χ2v) is 11.9. The molecular weight excluding hydrogens is 578 g/mol. The zero-order valence-corrected chi connectivity index (χ0v) is 26.8. The van der Waals surface area contributed by atoms with E-state index in [1.807, 2.05) is 13.8 Å². The van der Waals surface area contributed by atoms with Gasteiger partial charge in [0.25, 0.3) is 23.6 Å². The van der Waals surface area contributed by atoms with Gasteiger partial charge in [0.2, 0.25) is 0 Å². The van der Waals surface area contributed by atoms with E-state index in [-0.39, 0.29) is 58.2 Å². The molecule has 2 heterocycles. The first-order chi connectivity index (χ1) is 21.4. The van der Waals surface area contributed by atoms with Gasteiger partial charge in [0.05, 0.1) is 66.9 Å². The summed E-state index contributed by atoms with van der Waals surface area (Å²) < 4.78 is 17.6. The fraction of sp³-hybridized carbons (Fsp3) is 0.500. The van der Waals surface area contributed by atoms with Crippen molar-refractivity contribution in [1.29, 1.82) is 0 Å². The standard InChI is InChI=1S/C34H43N3O8/c1-7-25(8-2)35-19(3)15-43-17-21(5)45-18-22(6)44-16-20(4)37-33(41)27-12-10-24(14-29(27)34(37)42)30(38)23-9-11-26-28(13-23)32(40)36-31(26)39/h9-14,19-22,25,35H,7-8,15-18H2,1-6H3,(H,36,39,40). The maximum Gasteiger partial charge on any atom is 0.261 e. The van der Waals surface area contributed by atoms with Gasteiger partial charge >= 0.3 is 0 Å². The number of ketones is 1. The fourth-order valence-electron chi connectivity index (χ4n) is 5.44. The summed E-state index contributed by atoms with van der Waals surface area (Å²) in [6.07, 6.45) is 1.75. The molecule has 2 N–H and O–H groups in total. The number of hydrogen-bond acceptors (Lipinski definition) is 9. The molecule has 2 aliphatic heterocycles. The minimum Gasteiger partial charge on any atom is -0.377 e. The van der Waals surface area contributed by atoms with Crippen LogP contribution >= 0.6 is 0 Å². The van der Waals surface area contributed by atoms with Gasteiger partial charge in [-0.05, 0) is 64.8 Å². The van der Waals surface area contributed by atoms with E-state index in [9.17, 15) is 24.0 Å². The molecular formula is C34H43N3O8. The summed E-state index contributed by atoms with van der Waals surface area (Å²) in [4.78, 5) is 64.6. The average Bonchev–Trinajstić information content (AvgIpc) is 3.46. The number of amides is 4. The van der Waals surface area contributed by atoms with Gasteiger partial charge in [-0.2, -0.15) is 0 Å². The van der Waals surface area contributed by atoms with Crippen LogP contribution in [0, 0.1) is 0 Å². The molecule has 4 rings (SSSR count). The summed E-state index contributed by atoms with van der Waals surface area (Å²) in [5.74, 6) is -2.49. The van der Waals surface area contributed by atoms with Crippen LogP contribution in [0.3, 0.4) is 0 Å². The minimum absolute atomic E-state index is 0.113. The molecule has 0 aliphatic carbocycles. The largest absolute Gasteiger partial charge is 0.377 e. The van der Waals surface area contributed by atoms with Gasteiger partial charge in [0, 0.05) is 23.2 Å². The number of rotatable bonds is 17. The lowest BCUT2D eigenvalue weighted by molar-refractivity contribution is -0.0641. The summed E-state index contributed by atoms with van der Waals surface area (Å²) >= 11 is 0. The van der Waals surface area contributed by atoms with E-state index < -0.39 is 35.5 Å². The zero-order valence-electron chi connectivity index (χ0n) is 26.8. The van der Waals surface area contributed by atoms with Crippen LogP contribution in [0.2, 0.25) is 0 Å². The van der Waals surface area contributed by atoms with Gasteiger partial charge < -0.3 is 19.5 Å². The van der Waals surface area contributed by atoms with E-state index >= 15 is 0 Å². The Kier molecular flexibility index (Phi) is 11.4. The first-order valence-electron chi connectivity index (χ1n) is 15.6. The van der Waals surface area contributed by atoms with Gasteiger partial charge in [0.15, 0.2) is 5.78 Å². The quantitative estimate of drug-likeness (QED) is 0.200. The van der Waals surface area contributed by atoms with Crippen molar-refractivity contribution in [2.45, 2.75) is 84.7 Å². The number of imide groups is 2. The van der Waals surface area contributed by atoms with Crippen LogP contribution in [-0.2, 0) is 14.2 Å². The molecule has 0 radical (unpaired) electrons. The Bertz CT molecular complexity index is 1450. The van der Waals surface area contributed by atoms with Crippen LogP contribution in [0.1, 0.15) is 112 Å². The van der Waals surface area contributed by atoms with Crippen molar-refractivity contribution in [2.24, 2.45) is 0 Å². The van der Waals surface area contributed by atoms with Crippen LogP contribution in [-0.4, -0.2) is 91.1 Å². The second-order valence-electron chi connectivity index (χ2n) is 11.9. The first kappa shape index (κ1) is 34.1. The number of nitrogens with one attached hydrogen (secondary N) is 2. The van der Waals surface area contributed by atoms with Crippen molar-refractivity contribution in [3.63, 3.8) is 0 Å². The summed E-state index contributed by atoms with van der Waals surface area (Å²) in [5, 5.41) is 5.75. The molecule has 0 aromatic heterocycles. The van der Waals surface area contributed by atoms with E-state index in [0.717, 1.165) is 17.7 Å². The zero-order chi connectivity index (χ0) is 32.8. The van der Waals surface area contributed by atoms with Gasteiger partial charge in [-0.15, -0.1) is 0 Å². The first-order valence-corrected chi connectivity index (χ1v) is 15.6. The van der Waals surface area contributed by atoms with Crippen LogP contribution in [0.15, 0.2) is 36.4 Å². The number of carbonyl (C=O) groups is 5. The van der Waals surface area contributed by atoms with Crippen LogP contribution < -0.4 is 10.6 Å². The molecule has 45 heavy (non-hydrogen) atoms. The molecule has 2 aromatic rings. The third-order valence-electron chi connectivity index (χ3n) is 8.08. The van der Waals surface area contributed by atoms with Crippen molar-refractivity contribution in [1.82, 2.24) is 15.5 Å². The Hall–Kier alpha value is -3.77. The molecule has 11 nitrogen and oxygen atoms in total. The maximum absolute atomic E-state index is 13.3. The predicted molar refractivity (Wildman–Crippen MR) is 167 cm³/mol. The highest BCUT2D eigenvalue weighted by atomic mass is 16.6. The molecule has 2 aromatic carbocycles. The van der Waals surface area contributed by atoms with Crippen molar-refractivity contribution >= 4 is 29.4 Å². The normalized spacial score (nSPS) is 16.9. The third kappa shape index (κ3) is 7.91. The molecule has 0 bridgehead atoms. The predicted octanol–water partition coefficient (Wildman–Crippen LogP) is 3.78. The summed E-state index contributed by atoms with van der Waals surface area (Å²) in [6, 6.07) is 8.75. The Balaban J connectivity index is 1.26. The average molecular weight is 622 g/mol. The van der Waals surface area contributed by atoms with E-state index in [1.165, 1.54) is 36.4 Å². The van der Waals surface area contributed by atoms with E-state index in [0.29, 0.717) is 25.9 Å². The fourth-order valence-corrected chi connectivity index (χ4v) is 5.44. The minimum atomic E-state index is -0.568. The summed E-state index contributed by atoms with van der Waals surface area (Å²) in [5.41, 5.74) is 1.03. The molecule has 242 valence electrons. The van der Waals surface area contributed by atoms with Crippen molar-refractivity contribution in [3.8, 4) is 0 Å². The van der Waals surface area contributed by atoms with Crippen molar-refractivity contribution in [3.05, 3.63) is 69.8 Å². The summed E-state index contributed by atoms with van der Waals surface area (Å²) in [6.45, 7) is 13.5. The summed E-state index contributed by atoms with van der Waals surface area (Å²) in [7, 11) is 0. The monoisotopic (exact) mass is 621 g/mol. The van der Waals surface area contributed by atoms with Crippen LogP contribution in [0.5, 0.6) is 0 Å². The molecule has 4 unspecified atom stereocenters. The van der Waals surface area contributed by atoms with E-state index in [1.54, 1.807) is 6.92 Å². The van der Waals surface area contributed by atoms with Crippen molar-refractivity contribution < 1.29 is 38.2 Å². The Morgan fingerprint density at radius 2 is 1.29 bits per heavy atom. The third-order valence-corrected chi connectivity index (χ3v) is 8.08. The Morgan fingerprint density at radius 1 is 0.733 bits per heavy atom. The van der Waals surface area contributed by atoms with Gasteiger partial charge in [0.1, 0.15) is 0 Å². The van der Waals surface area contributed by atoms with Gasteiger partial charge in [-0.25, -0.2) is 0 Å². The van der Waals surface area contributed by atoms with Gasteiger partial charge in [-0.3, -0.25) is 34.2 Å². The molecule has 4 atom stereocenters. The molecule has 2 aliphatic rings. The van der Waals surface area contributed by atoms with Crippen LogP contribution in [0.25, 0.3) is 0 Å². The molecule has 0 spiro atoms. The number of carbonyl (C=O) groups excluding carboxylic acids is 5. The SMILES string of the molecule is CCC(CC)NC(C)COCC(C)OCC(C)OCC(C)N1C(=O)c2ccc(C(=O)c3ccc4c(c3)C(=O)NC4=O)cc2C1=O. The van der Waals surface area contributed by atoms with E-state index in [2.05, 4.69) is 31.4 Å². The molecule has 0 saturated carbocycles. The topological polar surface area (TPSA) is 140 Å². The highest BCUT2D eigenvalue weighted by molar-refractivity contribution is 6.24. The number of hydrogen-bond donors (Lipinski definition) is 2. The molecule has 0 fully saturated rings. The lowest BCUT2D eigenvalue weighted by Crippen LogP contribution is -2.41. The molecule has 11 heteroatoms. The lowest BCUT2D eigenvalue weighted by Gasteiger charge is -2.25. The number of fused-ring (bicyclic) bond motifs is 2. The van der Waals surface area contributed by atoms with Gasteiger partial charge in [-0.1, -0.05) is 26.0 Å². The van der Waals surface area contributed by atoms with Crippen molar-refractivity contribution in [2.75, 3.05) is 26.4 Å². The van der Waals surface area contributed by atoms with E-state index in [4.69, 9.17) is 14.2 Å². The second kappa shape index (κ2) is 15.0. The maximum atomic E-state index is 13.3. The Morgan fingerprint density at radius 3 is 1.96 bits per heavy atom.